The number of anilines is 1. The molecule has 0 spiro atoms. The van der Waals surface area contributed by atoms with E-state index in [4.69, 9.17) is 0 Å². The fourth-order valence-electron chi connectivity index (χ4n) is 2.67. The molecule has 3 rings (SSSR count). The van der Waals surface area contributed by atoms with E-state index in [1.54, 1.807) is 12.1 Å². The average molecular weight is 399 g/mol. The van der Waals surface area contributed by atoms with E-state index in [0.717, 1.165) is 11.3 Å². The molecule has 2 aromatic carbocycles. The van der Waals surface area contributed by atoms with Crippen molar-refractivity contribution in [3.05, 3.63) is 90.3 Å². The molecule has 0 bridgehead atoms. The lowest BCUT2D eigenvalue weighted by Crippen LogP contribution is -2.52. The van der Waals surface area contributed by atoms with E-state index >= 15 is 0 Å². The molecular formula is C22H26N2O3S. The van der Waals surface area contributed by atoms with Crippen molar-refractivity contribution in [2.45, 2.75) is 31.2 Å². The third-order valence-corrected chi connectivity index (χ3v) is 5.40. The zero-order valence-electron chi connectivity index (χ0n) is 16.6. The smallest absolute Gasteiger partial charge is 0.187 e. The first-order valence-corrected chi connectivity index (χ1v) is 10.3. The van der Waals surface area contributed by atoms with Crippen LogP contribution in [0.3, 0.4) is 0 Å². The third-order valence-electron chi connectivity index (χ3n) is 4.55. The highest BCUT2D eigenvalue weighted by atomic mass is 32.2. The number of rotatable bonds is 4. The summed E-state index contributed by atoms with van der Waals surface area (Å²) in [6.45, 7) is 6.27. The maximum Gasteiger partial charge on any atom is 0.187 e. The fraction of sp³-hybridized carbons (Fsp3) is 0.227. The Kier molecular flexibility index (Phi) is 6.94. The number of hydrogen-bond acceptors (Lipinski definition) is 4. The van der Waals surface area contributed by atoms with Gasteiger partial charge in [0.15, 0.2) is 17.9 Å². The molecule has 3 aromatic rings. The van der Waals surface area contributed by atoms with Gasteiger partial charge in [-0.05, 0) is 19.1 Å². The lowest BCUT2D eigenvalue weighted by atomic mass is 9.94. The van der Waals surface area contributed by atoms with E-state index in [1.807, 2.05) is 20.0 Å². The molecule has 0 radical (unpaired) electrons. The van der Waals surface area contributed by atoms with Crippen LogP contribution < -0.4 is 9.88 Å². The lowest BCUT2D eigenvalue weighted by molar-refractivity contribution is -0.747. The zero-order chi connectivity index (χ0) is 20.8. The maximum absolute atomic E-state index is 10.4. The first-order valence-electron chi connectivity index (χ1n) is 8.92. The molecule has 1 N–H and O–H groups in total. The Bertz CT molecular complexity index is 982. The van der Waals surface area contributed by atoms with E-state index in [0.29, 0.717) is 0 Å². The Labute approximate surface area is 167 Å². The summed E-state index contributed by atoms with van der Waals surface area (Å²) in [6, 6.07) is 20.5. The lowest BCUT2D eigenvalue weighted by Gasteiger charge is -2.19. The summed E-state index contributed by atoms with van der Waals surface area (Å²) < 4.78 is 33.4. The molecule has 1 aromatic heterocycles. The second-order valence-corrected chi connectivity index (χ2v) is 8.32. The first kappa shape index (κ1) is 21.6. The number of nitrogens with zero attached hydrogens (tertiary/aromatic N) is 1. The minimum absolute atomic E-state index is 0.0342. The monoisotopic (exact) mass is 398 g/mol. The normalized spacial score (nSPS) is 11.3. The predicted molar refractivity (Wildman–Crippen MR) is 110 cm³/mol. The summed E-state index contributed by atoms with van der Waals surface area (Å²) in [5.74, 6) is 0. The van der Waals surface area contributed by atoms with Crippen molar-refractivity contribution in [2.24, 2.45) is 0 Å². The molecule has 0 unspecified atom stereocenters. The third kappa shape index (κ3) is 5.65. The van der Waals surface area contributed by atoms with Gasteiger partial charge in [-0.2, -0.15) is 4.57 Å². The molecule has 1 heterocycles. The minimum atomic E-state index is -4.27. The van der Waals surface area contributed by atoms with E-state index in [2.05, 4.69) is 72.5 Å². The number of nitrogens with one attached hydrogen (secondary N) is 1. The number of benzene rings is 2. The van der Waals surface area contributed by atoms with Gasteiger partial charge in [-0.25, -0.2) is 8.42 Å². The number of aryl methyl sites for hydroxylation is 1. The summed E-state index contributed by atoms with van der Waals surface area (Å²) in [5, 5.41) is 3.13. The number of pyridine rings is 1. The van der Waals surface area contributed by atoms with Gasteiger partial charge in [0.05, 0.1) is 4.90 Å². The van der Waals surface area contributed by atoms with Crippen LogP contribution in [0, 0.1) is 6.92 Å². The highest BCUT2D eigenvalue weighted by Gasteiger charge is 2.29. The second kappa shape index (κ2) is 8.99. The second-order valence-electron chi connectivity index (χ2n) is 6.94. The molecule has 0 atom stereocenters. The van der Waals surface area contributed by atoms with Crippen molar-refractivity contribution < 1.29 is 17.5 Å². The van der Waals surface area contributed by atoms with Crippen molar-refractivity contribution in [1.82, 2.24) is 0 Å². The van der Waals surface area contributed by atoms with Gasteiger partial charge in [0.1, 0.15) is 10.1 Å². The zero-order valence-corrected chi connectivity index (χ0v) is 17.4. The van der Waals surface area contributed by atoms with E-state index in [1.165, 1.54) is 17.7 Å². The van der Waals surface area contributed by atoms with E-state index in [-0.39, 0.29) is 10.4 Å². The largest absolute Gasteiger partial charge is 0.744 e. The van der Waals surface area contributed by atoms with Gasteiger partial charge in [-0.15, -0.1) is 0 Å². The molecular weight excluding hydrogens is 372 g/mol. The summed E-state index contributed by atoms with van der Waals surface area (Å²) in [6.07, 6.45) is 4.22. The fourth-order valence-corrected chi connectivity index (χ4v) is 3.14. The first-order chi connectivity index (χ1) is 13.1. The quantitative estimate of drug-likeness (QED) is 0.537. The molecule has 0 saturated carbocycles. The van der Waals surface area contributed by atoms with Crippen LogP contribution in [0.25, 0.3) is 0 Å². The average Bonchev–Trinajstić information content (AvgIpc) is 2.69. The predicted octanol–water partition coefficient (Wildman–Crippen LogP) is 3.70. The molecule has 0 aliphatic rings. The molecule has 0 amide bonds. The summed E-state index contributed by atoms with van der Waals surface area (Å²) in [4.78, 5) is -0.178. The van der Waals surface area contributed by atoms with Crippen LogP contribution in [0.15, 0.2) is 84.0 Å². The maximum atomic E-state index is 10.4. The topological polar surface area (TPSA) is 73.1 Å². The molecule has 28 heavy (non-hydrogen) atoms. The Morgan fingerprint density at radius 2 is 1.43 bits per heavy atom. The van der Waals surface area contributed by atoms with Gasteiger partial charge >= 0.3 is 0 Å². The Balaban J connectivity index is 0.000000221. The van der Waals surface area contributed by atoms with Crippen LogP contribution in [0.2, 0.25) is 0 Å². The van der Waals surface area contributed by atoms with E-state index in [9.17, 15) is 13.0 Å². The Morgan fingerprint density at radius 3 is 1.89 bits per heavy atom. The van der Waals surface area contributed by atoms with Crippen molar-refractivity contribution in [1.29, 1.82) is 0 Å². The summed E-state index contributed by atoms with van der Waals surface area (Å²) in [7, 11) is -2.34. The molecule has 0 fully saturated rings. The molecule has 6 heteroatoms. The molecule has 0 aliphatic heterocycles. The van der Waals surface area contributed by atoms with Crippen LogP contribution in [-0.2, 0) is 15.7 Å². The molecule has 0 saturated heterocycles. The summed E-state index contributed by atoms with van der Waals surface area (Å²) >= 11 is 0. The van der Waals surface area contributed by atoms with Gasteiger partial charge in [-0.1, -0.05) is 48.0 Å². The molecule has 5 nitrogen and oxygen atoms in total. The van der Waals surface area contributed by atoms with Crippen molar-refractivity contribution >= 4 is 15.8 Å². The van der Waals surface area contributed by atoms with Crippen LogP contribution >= 0.6 is 0 Å². The SMILES string of the molecule is CNc1cc[n+](C(C)(C)c2ccccc2)cc1.Cc1ccc(S(=O)(=O)[O-])cc1. The molecule has 148 valence electrons. The van der Waals surface area contributed by atoms with E-state index < -0.39 is 10.1 Å². The van der Waals surface area contributed by atoms with Crippen LogP contribution in [-0.4, -0.2) is 20.0 Å². The van der Waals surface area contributed by atoms with Crippen LogP contribution in [0.4, 0.5) is 5.69 Å². The Morgan fingerprint density at radius 1 is 0.893 bits per heavy atom. The molecule has 0 aliphatic carbocycles. The van der Waals surface area contributed by atoms with Gasteiger partial charge < -0.3 is 9.87 Å². The van der Waals surface area contributed by atoms with Gasteiger partial charge in [-0.3, -0.25) is 0 Å². The highest BCUT2D eigenvalue weighted by molar-refractivity contribution is 7.85. The van der Waals surface area contributed by atoms with Gasteiger partial charge in [0.25, 0.3) is 0 Å². The number of hydrogen-bond donors (Lipinski definition) is 1. The van der Waals surface area contributed by atoms with Crippen molar-refractivity contribution in [3.63, 3.8) is 0 Å². The number of aromatic nitrogens is 1. The standard InChI is InChI=1S/C15H18N2.C7H8O3S/c1-15(2,13-7-5-4-6-8-13)17-11-9-14(16-3)10-12-17;1-6-2-4-7(5-3-6)11(8,9)10/h4-12H,1-3H3;2-5H,1H3,(H,8,9,10). The van der Waals surface area contributed by atoms with Gasteiger partial charge in [0, 0.05) is 44.3 Å². The van der Waals surface area contributed by atoms with Crippen molar-refractivity contribution in [2.75, 3.05) is 12.4 Å². The van der Waals surface area contributed by atoms with Crippen LogP contribution in [0.5, 0.6) is 0 Å². The minimum Gasteiger partial charge on any atom is -0.744 e. The summed E-state index contributed by atoms with van der Waals surface area (Å²) in [5.41, 5.74) is 3.33. The van der Waals surface area contributed by atoms with Crippen LogP contribution in [0.1, 0.15) is 25.0 Å². The Hall–Kier alpha value is -2.70. The van der Waals surface area contributed by atoms with Crippen molar-refractivity contribution in [3.8, 4) is 0 Å². The highest BCUT2D eigenvalue weighted by Crippen LogP contribution is 2.19. The van der Waals surface area contributed by atoms with Gasteiger partial charge in [0.2, 0.25) is 0 Å².